The summed E-state index contributed by atoms with van der Waals surface area (Å²) in [5.41, 5.74) is 0.925. The molecule has 1 aromatic rings. The molecular formula is C24H37F3N2O6S. The fourth-order valence-corrected chi connectivity index (χ4v) is 6.24. The van der Waals surface area contributed by atoms with Crippen molar-refractivity contribution in [2.24, 2.45) is 5.41 Å². The summed E-state index contributed by atoms with van der Waals surface area (Å²) >= 11 is 0. The Labute approximate surface area is 211 Å². The molecule has 3 rings (SSSR count). The standard InChI is InChI=1S/C22H36N2O4S.C2HF3O2/c1-18(2)23(13-14-27-4)16-20-15-22(17-28-20)9-11-24(12-10-22)29(25,26)21-8-6-5-7-19(21)3;3-2(4,5)1(6)7/h5-8,18,20H,9-17H2,1-4H3;(H,6,7). The molecule has 0 bridgehead atoms. The van der Waals surface area contributed by atoms with Crippen LogP contribution in [0.15, 0.2) is 29.2 Å². The number of aryl methyl sites for hydroxylation is 1. The molecule has 12 heteroatoms. The van der Waals surface area contributed by atoms with Crippen molar-refractivity contribution < 1.29 is 41.0 Å². The summed E-state index contributed by atoms with van der Waals surface area (Å²) in [6, 6.07) is 7.70. The summed E-state index contributed by atoms with van der Waals surface area (Å²) in [4.78, 5) is 11.7. The molecular weight excluding hydrogens is 501 g/mol. The summed E-state index contributed by atoms with van der Waals surface area (Å²) in [6.45, 7) is 10.7. The van der Waals surface area contributed by atoms with Gasteiger partial charge in [-0.1, -0.05) is 18.2 Å². The molecule has 0 amide bonds. The normalized spacial score (nSPS) is 20.5. The largest absolute Gasteiger partial charge is 0.490 e. The summed E-state index contributed by atoms with van der Waals surface area (Å²) < 4.78 is 71.0. The Morgan fingerprint density at radius 3 is 2.36 bits per heavy atom. The second-order valence-corrected chi connectivity index (χ2v) is 11.6. The van der Waals surface area contributed by atoms with E-state index in [-0.39, 0.29) is 11.5 Å². The zero-order chi connectivity index (χ0) is 27.1. The van der Waals surface area contributed by atoms with Crippen molar-refractivity contribution in [3.63, 3.8) is 0 Å². The topological polar surface area (TPSA) is 96.4 Å². The molecule has 2 fully saturated rings. The fraction of sp³-hybridized carbons (Fsp3) is 0.708. The van der Waals surface area contributed by atoms with Gasteiger partial charge in [-0.3, -0.25) is 4.90 Å². The second-order valence-electron chi connectivity index (χ2n) is 9.69. The average Bonchev–Trinajstić information content (AvgIpc) is 3.18. The maximum atomic E-state index is 13.1. The van der Waals surface area contributed by atoms with E-state index in [4.69, 9.17) is 19.4 Å². The molecule has 0 aromatic heterocycles. The minimum atomic E-state index is -5.08. The van der Waals surface area contributed by atoms with E-state index in [9.17, 15) is 21.6 Å². The first-order valence-corrected chi connectivity index (χ1v) is 13.4. The maximum absolute atomic E-state index is 13.1. The lowest BCUT2D eigenvalue weighted by molar-refractivity contribution is -0.192. The Bertz CT molecular complexity index is 963. The number of benzene rings is 1. The summed E-state index contributed by atoms with van der Waals surface area (Å²) in [7, 11) is -1.69. The van der Waals surface area contributed by atoms with Gasteiger partial charge in [-0.2, -0.15) is 17.5 Å². The maximum Gasteiger partial charge on any atom is 0.490 e. The minimum absolute atomic E-state index is 0.117. The number of rotatable bonds is 8. The Hall–Kier alpha value is -1.73. The summed E-state index contributed by atoms with van der Waals surface area (Å²) in [5.74, 6) is -2.76. The number of piperidine rings is 1. The molecule has 2 saturated heterocycles. The Morgan fingerprint density at radius 2 is 1.86 bits per heavy atom. The number of carboxylic acids is 1. The lowest BCUT2D eigenvalue weighted by atomic mass is 9.77. The lowest BCUT2D eigenvalue weighted by Crippen LogP contribution is -2.44. The molecule has 1 aromatic carbocycles. The van der Waals surface area contributed by atoms with Crippen LogP contribution in [-0.4, -0.2) is 93.5 Å². The van der Waals surface area contributed by atoms with Crippen molar-refractivity contribution in [3.8, 4) is 0 Å². The second kappa shape index (κ2) is 12.7. The predicted octanol–water partition coefficient (Wildman–Crippen LogP) is 3.54. The van der Waals surface area contributed by atoms with Crippen LogP contribution in [-0.2, 0) is 24.3 Å². The first kappa shape index (κ1) is 30.5. The number of methoxy groups -OCH3 is 1. The van der Waals surface area contributed by atoms with Crippen molar-refractivity contribution in [2.45, 2.75) is 63.3 Å². The Morgan fingerprint density at radius 1 is 1.28 bits per heavy atom. The smallest absolute Gasteiger partial charge is 0.475 e. The molecule has 2 heterocycles. The lowest BCUT2D eigenvalue weighted by Gasteiger charge is -2.38. The number of carboxylic acid groups (broad SMARTS) is 1. The fourth-order valence-electron chi connectivity index (χ4n) is 4.58. The number of alkyl halides is 3. The molecule has 2 aliphatic rings. The molecule has 0 radical (unpaired) electrons. The zero-order valence-electron chi connectivity index (χ0n) is 21.3. The van der Waals surface area contributed by atoms with E-state index in [1.807, 2.05) is 19.1 Å². The third kappa shape index (κ3) is 8.14. The number of sulfonamides is 1. The van der Waals surface area contributed by atoms with Crippen LogP contribution in [0.2, 0.25) is 0 Å². The third-order valence-corrected chi connectivity index (χ3v) is 8.83. The number of ether oxygens (including phenoxy) is 2. The molecule has 0 saturated carbocycles. The third-order valence-electron chi connectivity index (χ3n) is 6.77. The SMILES string of the molecule is COCCN(CC1CC2(CCN(S(=O)(=O)c3ccccc3C)CC2)CO1)C(C)C.O=C(O)C(F)(F)F. The highest BCUT2D eigenvalue weighted by Crippen LogP contribution is 2.43. The predicted molar refractivity (Wildman–Crippen MR) is 128 cm³/mol. The molecule has 206 valence electrons. The van der Waals surface area contributed by atoms with E-state index < -0.39 is 22.2 Å². The van der Waals surface area contributed by atoms with E-state index in [1.165, 1.54) is 0 Å². The highest BCUT2D eigenvalue weighted by molar-refractivity contribution is 7.89. The van der Waals surface area contributed by atoms with Gasteiger partial charge in [0.05, 0.1) is 24.2 Å². The van der Waals surface area contributed by atoms with E-state index in [0.29, 0.717) is 24.0 Å². The van der Waals surface area contributed by atoms with Gasteiger partial charge < -0.3 is 14.6 Å². The minimum Gasteiger partial charge on any atom is -0.475 e. The van der Waals surface area contributed by atoms with Crippen LogP contribution in [0.4, 0.5) is 13.2 Å². The van der Waals surface area contributed by atoms with Crippen LogP contribution in [0, 0.1) is 12.3 Å². The average molecular weight is 539 g/mol. The number of hydrogen-bond acceptors (Lipinski definition) is 6. The van der Waals surface area contributed by atoms with Crippen LogP contribution in [0.1, 0.15) is 38.7 Å². The van der Waals surface area contributed by atoms with E-state index >= 15 is 0 Å². The van der Waals surface area contributed by atoms with Crippen LogP contribution in [0.5, 0.6) is 0 Å². The number of carbonyl (C=O) groups is 1. The van der Waals surface area contributed by atoms with Crippen molar-refractivity contribution >= 4 is 16.0 Å². The first-order valence-electron chi connectivity index (χ1n) is 11.9. The van der Waals surface area contributed by atoms with Crippen molar-refractivity contribution in [1.82, 2.24) is 9.21 Å². The number of nitrogens with zero attached hydrogens (tertiary/aromatic N) is 2. The molecule has 2 aliphatic heterocycles. The van der Waals surface area contributed by atoms with Crippen molar-refractivity contribution in [3.05, 3.63) is 29.8 Å². The van der Waals surface area contributed by atoms with Crippen LogP contribution in [0.3, 0.4) is 0 Å². The highest BCUT2D eigenvalue weighted by Gasteiger charge is 2.45. The summed E-state index contributed by atoms with van der Waals surface area (Å²) in [5, 5.41) is 7.12. The molecule has 0 aliphatic carbocycles. The van der Waals surface area contributed by atoms with Crippen molar-refractivity contribution in [1.29, 1.82) is 0 Å². The van der Waals surface area contributed by atoms with Gasteiger partial charge >= 0.3 is 12.1 Å². The quantitative estimate of drug-likeness (QED) is 0.541. The van der Waals surface area contributed by atoms with Gasteiger partial charge in [0.15, 0.2) is 0 Å². The van der Waals surface area contributed by atoms with Gasteiger partial charge in [0.25, 0.3) is 0 Å². The summed E-state index contributed by atoms with van der Waals surface area (Å²) in [6.07, 6.45) is -2.11. The van der Waals surface area contributed by atoms with Gasteiger partial charge in [0.1, 0.15) is 0 Å². The Balaban J connectivity index is 0.000000572. The number of aliphatic carboxylic acids is 1. The van der Waals surface area contributed by atoms with E-state index in [2.05, 4.69) is 18.7 Å². The molecule has 1 atom stereocenters. The highest BCUT2D eigenvalue weighted by atomic mass is 32.2. The molecule has 1 unspecified atom stereocenters. The van der Waals surface area contributed by atoms with Crippen LogP contribution >= 0.6 is 0 Å². The van der Waals surface area contributed by atoms with Crippen molar-refractivity contribution in [2.75, 3.05) is 46.5 Å². The van der Waals surface area contributed by atoms with Crippen LogP contribution in [0.25, 0.3) is 0 Å². The Kier molecular flexibility index (Phi) is 10.7. The van der Waals surface area contributed by atoms with E-state index in [1.54, 1.807) is 23.5 Å². The van der Waals surface area contributed by atoms with Crippen LogP contribution < -0.4 is 0 Å². The monoisotopic (exact) mass is 538 g/mol. The number of halogens is 3. The van der Waals surface area contributed by atoms with Gasteiger partial charge in [-0.15, -0.1) is 0 Å². The van der Waals surface area contributed by atoms with Gasteiger partial charge in [-0.25, -0.2) is 13.2 Å². The zero-order valence-corrected chi connectivity index (χ0v) is 22.1. The number of hydrogen-bond donors (Lipinski definition) is 1. The first-order chi connectivity index (χ1) is 16.7. The van der Waals surface area contributed by atoms with Gasteiger partial charge in [-0.05, 0) is 57.1 Å². The molecule has 1 N–H and O–H groups in total. The van der Waals surface area contributed by atoms with Gasteiger partial charge in [0.2, 0.25) is 10.0 Å². The molecule has 8 nitrogen and oxygen atoms in total. The van der Waals surface area contributed by atoms with Gasteiger partial charge in [0, 0.05) is 39.3 Å². The van der Waals surface area contributed by atoms with E-state index in [0.717, 1.165) is 51.1 Å². The molecule has 36 heavy (non-hydrogen) atoms. The molecule has 1 spiro atoms.